The van der Waals surface area contributed by atoms with E-state index in [4.69, 9.17) is 18.5 Å². The van der Waals surface area contributed by atoms with Crippen molar-refractivity contribution in [3.8, 4) is 0 Å². The lowest BCUT2D eigenvalue weighted by Gasteiger charge is -2.24. The first-order valence-electron chi connectivity index (χ1n) is 21.1. The number of carbonyl (C=O) groups is 2. The van der Waals surface area contributed by atoms with Crippen molar-refractivity contribution in [2.24, 2.45) is 0 Å². The second kappa shape index (κ2) is 35.1. The van der Waals surface area contributed by atoms with E-state index in [2.05, 4.69) is 13.8 Å². The highest BCUT2D eigenvalue weighted by Crippen LogP contribution is 2.43. The zero-order chi connectivity index (χ0) is 41.0. The van der Waals surface area contributed by atoms with E-state index in [1.807, 2.05) is 51.5 Å². The Hall–Kier alpha value is -2.11. The van der Waals surface area contributed by atoms with E-state index in [9.17, 15) is 29.3 Å². The summed E-state index contributed by atoms with van der Waals surface area (Å²) >= 11 is 0. The maximum atomic E-state index is 12.6. The molecule has 1 unspecified atom stereocenters. The van der Waals surface area contributed by atoms with Crippen molar-refractivity contribution in [1.82, 2.24) is 0 Å². The number of likely N-dealkylation sites (N-methyl/N-ethyl adjacent to an activating group) is 1. The van der Waals surface area contributed by atoms with Crippen LogP contribution in [0.1, 0.15) is 149 Å². The lowest BCUT2D eigenvalue weighted by molar-refractivity contribution is -0.870. The number of quaternary nitrogens is 1. The van der Waals surface area contributed by atoms with Crippen LogP contribution in [0.2, 0.25) is 0 Å². The summed E-state index contributed by atoms with van der Waals surface area (Å²) < 4.78 is 34.0. The molecule has 3 N–H and O–H groups in total. The first-order chi connectivity index (χ1) is 26.3. The number of allylic oxidation sites excluding steroid dienone is 6. The zero-order valence-electron chi connectivity index (χ0n) is 35.1. The van der Waals surface area contributed by atoms with Crippen molar-refractivity contribution in [2.75, 3.05) is 47.5 Å². The fourth-order valence-corrected chi connectivity index (χ4v) is 6.14. The standard InChI is InChI=1S/C43H78NO10P/c1-6-8-10-11-12-13-14-15-16-20-23-27-33-43(48)54-41(38-53-55(49,50)52-36-35-44(3,4)5)37-51-42(47)34-28-32-40(46)31-26-22-19-17-18-21-25-30-39(45)29-24-9-7-2/h18-19,21-22,25-26,30-31,39-41,45-46H,6-17,20,23-24,27-29,32-38H2,1-5H3/p+1/b21-18-,22-19-,30-25+,31-26+/t39-,40-,41+/m0/s1. The van der Waals surface area contributed by atoms with E-state index in [0.717, 1.165) is 44.9 Å². The Morgan fingerprint density at radius 3 is 1.67 bits per heavy atom. The Bertz CT molecular complexity index is 1120. The summed E-state index contributed by atoms with van der Waals surface area (Å²) in [4.78, 5) is 35.3. The van der Waals surface area contributed by atoms with Crippen LogP contribution in [0, 0.1) is 0 Å². The average Bonchev–Trinajstić information content (AvgIpc) is 3.12. The molecule has 0 amide bonds. The molecule has 0 aliphatic carbocycles. The lowest BCUT2D eigenvalue weighted by atomic mass is 10.0. The molecule has 0 heterocycles. The second-order valence-electron chi connectivity index (χ2n) is 15.4. The maximum Gasteiger partial charge on any atom is 0.472 e. The van der Waals surface area contributed by atoms with Gasteiger partial charge in [0.1, 0.15) is 19.8 Å². The van der Waals surface area contributed by atoms with Gasteiger partial charge in [-0.25, -0.2) is 4.57 Å². The molecule has 11 nitrogen and oxygen atoms in total. The van der Waals surface area contributed by atoms with E-state index in [1.165, 1.54) is 51.4 Å². The molecule has 0 saturated heterocycles. The largest absolute Gasteiger partial charge is 0.472 e. The van der Waals surface area contributed by atoms with Crippen LogP contribution in [-0.2, 0) is 32.7 Å². The van der Waals surface area contributed by atoms with Gasteiger partial charge in [-0.05, 0) is 32.1 Å². The number of esters is 2. The Morgan fingerprint density at radius 1 is 0.636 bits per heavy atom. The molecule has 0 aromatic heterocycles. The van der Waals surface area contributed by atoms with Crippen LogP contribution in [0.4, 0.5) is 0 Å². The van der Waals surface area contributed by atoms with Gasteiger partial charge in [0.25, 0.3) is 0 Å². The molecular weight excluding hydrogens is 721 g/mol. The van der Waals surface area contributed by atoms with Gasteiger partial charge >= 0.3 is 19.8 Å². The Balaban J connectivity index is 4.62. The quantitative estimate of drug-likeness (QED) is 0.0182. The van der Waals surface area contributed by atoms with Crippen LogP contribution in [0.25, 0.3) is 0 Å². The fraction of sp³-hybridized carbons (Fsp3) is 0.767. The van der Waals surface area contributed by atoms with E-state index < -0.39 is 44.7 Å². The van der Waals surface area contributed by atoms with Crippen molar-refractivity contribution in [3.63, 3.8) is 0 Å². The first kappa shape index (κ1) is 52.9. The number of carbonyl (C=O) groups excluding carboxylic acids is 2. The van der Waals surface area contributed by atoms with Gasteiger partial charge in [0, 0.05) is 12.8 Å². The number of aliphatic hydroxyl groups excluding tert-OH is 2. The smallest absolute Gasteiger partial charge is 0.462 e. The summed E-state index contributed by atoms with van der Waals surface area (Å²) in [5.74, 6) is -1.03. The van der Waals surface area contributed by atoms with Crippen molar-refractivity contribution in [3.05, 3.63) is 48.6 Å². The number of hydrogen-bond acceptors (Lipinski definition) is 9. The molecule has 0 aliphatic rings. The summed E-state index contributed by atoms with van der Waals surface area (Å²) in [6.45, 7) is 4.04. The summed E-state index contributed by atoms with van der Waals surface area (Å²) in [5.41, 5.74) is 0. The molecule has 0 aliphatic heterocycles. The minimum atomic E-state index is -4.43. The highest BCUT2D eigenvalue weighted by atomic mass is 31.2. The minimum Gasteiger partial charge on any atom is -0.462 e. The van der Waals surface area contributed by atoms with Crippen molar-refractivity contribution >= 4 is 19.8 Å². The molecule has 0 saturated carbocycles. The normalized spacial score (nSPS) is 15.3. The van der Waals surface area contributed by atoms with Crippen LogP contribution >= 0.6 is 7.82 Å². The highest BCUT2D eigenvalue weighted by molar-refractivity contribution is 7.47. The summed E-state index contributed by atoms with van der Waals surface area (Å²) in [6.07, 6.45) is 32.3. The molecule has 0 rings (SSSR count). The molecule has 0 radical (unpaired) electrons. The molecule has 0 fully saturated rings. The molecule has 4 atom stereocenters. The van der Waals surface area contributed by atoms with Gasteiger partial charge in [-0.1, -0.05) is 152 Å². The van der Waals surface area contributed by atoms with Gasteiger partial charge in [0.05, 0.1) is 40.0 Å². The monoisotopic (exact) mass is 801 g/mol. The number of rotatable bonds is 37. The Morgan fingerprint density at radius 2 is 1.13 bits per heavy atom. The number of phosphoric acid groups is 1. The zero-order valence-corrected chi connectivity index (χ0v) is 36.0. The second-order valence-corrected chi connectivity index (χ2v) is 16.9. The highest BCUT2D eigenvalue weighted by Gasteiger charge is 2.27. The molecular formula is C43H79NO10P+. The van der Waals surface area contributed by atoms with Gasteiger partial charge in [-0.2, -0.15) is 0 Å². The molecule has 0 aromatic rings. The number of unbranched alkanes of at least 4 members (excludes halogenated alkanes) is 13. The summed E-state index contributed by atoms with van der Waals surface area (Å²) in [6, 6.07) is 0. The first-order valence-corrected chi connectivity index (χ1v) is 22.6. The Labute approximate surface area is 334 Å². The minimum absolute atomic E-state index is 0.00599. The van der Waals surface area contributed by atoms with Crippen LogP contribution in [0.3, 0.4) is 0 Å². The number of ether oxygens (including phenoxy) is 2. The average molecular weight is 801 g/mol. The molecule has 320 valence electrons. The third-order valence-corrected chi connectivity index (χ3v) is 9.80. The van der Waals surface area contributed by atoms with E-state index in [1.54, 1.807) is 18.2 Å². The van der Waals surface area contributed by atoms with Gasteiger partial charge in [-0.3, -0.25) is 18.6 Å². The van der Waals surface area contributed by atoms with E-state index in [-0.39, 0.29) is 26.1 Å². The van der Waals surface area contributed by atoms with Gasteiger partial charge in [0.2, 0.25) is 0 Å². The SMILES string of the molecule is CCCCCCCCCCCCCCC(=O)O[C@H](COC(=O)CCC[C@@H](O)/C=C/C=C\C/C=C\C=C\[C@@H](O)CCCCC)COP(=O)(O)OCC[N+](C)(C)C. The van der Waals surface area contributed by atoms with Crippen molar-refractivity contribution in [1.29, 1.82) is 0 Å². The van der Waals surface area contributed by atoms with Crippen LogP contribution in [0.15, 0.2) is 48.6 Å². The third kappa shape index (κ3) is 38.5. The molecule has 0 bridgehead atoms. The van der Waals surface area contributed by atoms with E-state index in [0.29, 0.717) is 36.7 Å². The molecule has 12 heteroatoms. The Kier molecular flexibility index (Phi) is 33.7. The maximum absolute atomic E-state index is 12.6. The van der Waals surface area contributed by atoms with Gasteiger partial charge < -0.3 is 29.1 Å². The van der Waals surface area contributed by atoms with Gasteiger partial charge in [0.15, 0.2) is 6.10 Å². The van der Waals surface area contributed by atoms with Crippen molar-refractivity contribution in [2.45, 2.75) is 167 Å². The number of hydrogen-bond donors (Lipinski definition) is 3. The molecule has 0 aromatic carbocycles. The fourth-order valence-electron chi connectivity index (χ4n) is 5.40. The van der Waals surface area contributed by atoms with Crippen LogP contribution in [0.5, 0.6) is 0 Å². The summed E-state index contributed by atoms with van der Waals surface area (Å²) in [5, 5.41) is 20.2. The van der Waals surface area contributed by atoms with Crippen molar-refractivity contribution < 1.29 is 52.3 Å². The third-order valence-electron chi connectivity index (χ3n) is 8.82. The van der Waals surface area contributed by atoms with Crippen LogP contribution in [-0.4, -0.2) is 97.3 Å². The number of aliphatic hydroxyl groups is 2. The molecule has 55 heavy (non-hydrogen) atoms. The number of nitrogens with zero attached hydrogens (tertiary/aromatic N) is 1. The van der Waals surface area contributed by atoms with Crippen LogP contribution < -0.4 is 0 Å². The molecule has 0 spiro atoms. The summed E-state index contributed by atoms with van der Waals surface area (Å²) in [7, 11) is 1.35. The van der Waals surface area contributed by atoms with E-state index >= 15 is 0 Å². The van der Waals surface area contributed by atoms with Gasteiger partial charge in [-0.15, -0.1) is 0 Å². The predicted octanol–water partition coefficient (Wildman–Crippen LogP) is 9.46. The predicted molar refractivity (Wildman–Crippen MR) is 222 cm³/mol. The number of phosphoric ester groups is 1. The lowest BCUT2D eigenvalue weighted by Crippen LogP contribution is -2.37. The topological polar surface area (TPSA) is 149 Å².